The third-order valence-corrected chi connectivity index (χ3v) is 4.03. The maximum atomic E-state index is 12.1. The summed E-state index contributed by atoms with van der Waals surface area (Å²) in [6.45, 7) is 3.37. The van der Waals surface area contributed by atoms with Crippen molar-refractivity contribution in [2.24, 2.45) is 0 Å². The Balaban J connectivity index is 1.56. The van der Waals surface area contributed by atoms with Gasteiger partial charge in [-0.05, 0) is 26.2 Å². The van der Waals surface area contributed by atoms with Crippen molar-refractivity contribution in [1.29, 1.82) is 0 Å². The number of carbonyl (C=O) groups excluding carboxylic acids is 1. The molecule has 0 radical (unpaired) electrons. The highest BCUT2D eigenvalue weighted by Gasteiger charge is 2.42. The van der Waals surface area contributed by atoms with Crippen molar-refractivity contribution < 1.29 is 14.3 Å². The Morgan fingerprint density at radius 2 is 2.29 bits per heavy atom. The van der Waals surface area contributed by atoms with Gasteiger partial charge in [0.25, 0.3) is 0 Å². The molecule has 3 saturated heterocycles. The second-order valence-electron chi connectivity index (χ2n) is 5.23. The molecule has 0 spiro atoms. The highest BCUT2D eigenvalue weighted by molar-refractivity contribution is 5.82. The first-order valence-electron chi connectivity index (χ1n) is 6.55. The molecule has 0 aromatic rings. The summed E-state index contributed by atoms with van der Waals surface area (Å²) in [6.07, 6.45) is 3.77. The molecule has 1 amide bonds. The van der Waals surface area contributed by atoms with Gasteiger partial charge in [0.2, 0.25) is 5.91 Å². The Bertz CT molecular complexity index is 310. The number of fused-ring (bicyclic) bond motifs is 2. The highest BCUT2D eigenvalue weighted by Crippen LogP contribution is 2.34. The average Bonchev–Trinajstić information content (AvgIpc) is 2.91. The monoisotopic (exact) mass is 240 g/mol. The van der Waals surface area contributed by atoms with Crippen LogP contribution in [0.25, 0.3) is 0 Å². The molecule has 3 heterocycles. The minimum atomic E-state index is -0.220. The molecule has 0 aromatic carbocycles. The van der Waals surface area contributed by atoms with E-state index in [1.165, 1.54) is 0 Å². The van der Waals surface area contributed by atoms with Crippen molar-refractivity contribution in [3.8, 4) is 0 Å². The van der Waals surface area contributed by atoms with Crippen LogP contribution in [0.4, 0.5) is 0 Å². The van der Waals surface area contributed by atoms with Crippen LogP contribution in [0.3, 0.4) is 0 Å². The average molecular weight is 240 g/mol. The second-order valence-corrected chi connectivity index (χ2v) is 5.23. The van der Waals surface area contributed by atoms with Crippen molar-refractivity contribution in [3.63, 3.8) is 0 Å². The summed E-state index contributed by atoms with van der Waals surface area (Å²) >= 11 is 0. The number of hydrogen-bond donors (Lipinski definition) is 2. The molecule has 0 aliphatic carbocycles. The highest BCUT2D eigenvalue weighted by atomic mass is 16.5. The molecule has 5 heteroatoms. The van der Waals surface area contributed by atoms with E-state index in [0.717, 1.165) is 25.8 Å². The first-order valence-corrected chi connectivity index (χ1v) is 6.55. The lowest BCUT2D eigenvalue weighted by molar-refractivity contribution is -0.130. The predicted octanol–water partition coefficient (Wildman–Crippen LogP) is -0.201. The minimum absolute atomic E-state index is 0.0525. The molecule has 3 aliphatic rings. The van der Waals surface area contributed by atoms with E-state index in [1.54, 1.807) is 0 Å². The smallest absolute Gasteiger partial charge is 0.240 e. The van der Waals surface area contributed by atoms with Gasteiger partial charge in [0.15, 0.2) is 0 Å². The van der Waals surface area contributed by atoms with E-state index in [0.29, 0.717) is 12.7 Å². The summed E-state index contributed by atoms with van der Waals surface area (Å²) in [5.74, 6) is 0.0540. The van der Waals surface area contributed by atoms with Crippen LogP contribution in [-0.2, 0) is 14.3 Å². The normalized spacial score (nSPS) is 44.9. The molecule has 17 heavy (non-hydrogen) atoms. The summed E-state index contributed by atoms with van der Waals surface area (Å²) in [4.78, 5) is 12.1. The Kier molecular flexibility index (Phi) is 3.06. The fourth-order valence-corrected chi connectivity index (χ4v) is 3.09. The lowest BCUT2D eigenvalue weighted by Crippen LogP contribution is -2.58. The van der Waals surface area contributed by atoms with Gasteiger partial charge >= 0.3 is 0 Å². The maximum absolute atomic E-state index is 12.1. The van der Waals surface area contributed by atoms with Crippen LogP contribution in [0.5, 0.6) is 0 Å². The van der Waals surface area contributed by atoms with Gasteiger partial charge in [-0.1, -0.05) is 0 Å². The van der Waals surface area contributed by atoms with Crippen LogP contribution in [-0.4, -0.2) is 49.5 Å². The van der Waals surface area contributed by atoms with E-state index in [4.69, 9.17) is 9.47 Å². The van der Waals surface area contributed by atoms with Crippen LogP contribution in [0.1, 0.15) is 26.2 Å². The van der Waals surface area contributed by atoms with Crippen molar-refractivity contribution in [1.82, 2.24) is 10.6 Å². The minimum Gasteiger partial charge on any atom is -0.375 e. The third-order valence-electron chi connectivity index (χ3n) is 4.03. The molecular formula is C12H20N2O3. The molecule has 0 unspecified atom stereocenters. The quantitative estimate of drug-likeness (QED) is 0.702. The molecule has 0 aromatic heterocycles. The van der Waals surface area contributed by atoms with E-state index < -0.39 is 0 Å². The molecule has 2 bridgehead atoms. The molecule has 3 rings (SSSR count). The van der Waals surface area contributed by atoms with Gasteiger partial charge in [0.05, 0.1) is 31.0 Å². The van der Waals surface area contributed by atoms with Crippen LogP contribution in [0.2, 0.25) is 0 Å². The van der Waals surface area contributed by atoms with E-state index >= 15 is 0 Å². The molecule has 96 valence electrons. The van der Waals surface area contributed by atoms with Gasteiger partial charge in [-0.25, -0.2) is 0 Å². The second kappa shape index (κ2) is 4.55. The van der Waals surface area contributed by atoms with Crippen molar-refractivity contribution in [2.45, 2.75) is 56.6 Å². The zero-order chi connectivity index (χ0) is 11.8. The summed E-state index contributed by atoms with van der Waals surface area (Å²) in [6, 6.07) is -0.0138. The standard InChI is InChI=1S/C12H20N2O3/c1-7-11(13-4-5-16-7)12(15)14-9-6-8-2-3-10(9)17-8/h7-11,13H,2-6H2,1H3,(H,14,15)/t7-,8-,9-,10+,11+/m1/s1. The zero-order valence-electron chi connectivity index (χ0n) is 10.1. The number of ether oxygens (including phenoxy) is 2. The largest absolute Gasteiger partial charge is 0.375 e. The fourth-order valence-electron chi connectivity index (χ4n) is 3.09. The van der Waals surface area contributed by atoms with Crippen molar-refractivity contribution in [3.05, 3.63) is 0 Å². The van der Waals surface area contributed by atoms with Crippen molar-refractivity contribution in [2.75, 3.05) is 13.2 Å². The molecule has 3 aliphatic heterocycles. The fraction of sp³-hybridized carbons (Fsp3) is 0.917. The topological polar surface area (TPSA) is 59.6 Å². The number of morpholine rings is 1. The van der Waals surface area contributed by atoms with Crippen LogP contribution >= 0.6 is 0 Å². The molecular weight excluding hydrogens is 220 g/mol. The Morgan fingerprint density at radius 3 is 2.94 bits per heavy atom. The summed E-state index contributed by atoms with van der Waals surface area (Å²) in [5, 5.41) is 6.31. The SMILES string of the molecule is C[C@H]1OCCN[C@@H]1C(=O)N[C@@H]1C[C@H]2CC[C@@H]1O2. The van der Waals surface area contributed by atoms with E-state index in [2.05, 4.69) is 10.6 Å². The summed E-state index contributed by atoms with van der Waals surface area (Å²) in [5.41, 5.74) is 0. The van der Waals surface area contributed by atoms with E-state index in [9.17, 15) is 4.79 Å². The van der Waals surface area contributed by atoms with Crippen LogP contribution in [0, 0.1) is 0 Å². The number of amides is 1. The number of hydrogen-bond acceptors (Lipinski definition) is 4. The van der Waals surface area contributed by atoms with E-state index in [-0.39, 0.29) is 30.2 Å². The van der Waals surface area contributed by atoms with E-state index in [1.807, 2.05) is 6.92 Å². The lowest BCUT2D eigenvalue weighted by Gasteiger charge is -2.31. The molecule has 5 nitrogen and oxygen atoms in total. The van der Waals surface area contributed by atoms with Gasteiger partial charge < -0.3 is 20.1 Å². The summed E-state index contributed by atoms with van der Waals surface area (Å²) < 4.78 is 11.2. The number of carbonyl (C=O) groups is 1. The van der Waals surface area contributed by atoms with Gasteiger partial charge in [-0.15, -0.1) is 0 Å². The van der Waals surface area contributed by atoms with Crippen LogP contribution < -0.4 is 10.6 Å². The number of rotatable bonds is 2. The van der Waals surface area contributed by atoms with Gasteiger partial charge in [-0.2, -0.15) is 0 Å². The van der Waals surface area contributed by atoms with Gasteiger partial charge in [-0.3, -0.25) is 4.79 Å². The maximum Gasteiger partial charge on any atom is 0.240 e. The first kappa shape index (κ1) is 11.4. The lowest BCUT2D eigenvalue weighted by atomic mass is 9.95. The van der Waals surface area contributed by atoms with Gasteiger partial charge in [0.1, 0.15) is 6.04 Å². The third kappa shape index (κ3) is 2.19. The Labute approximate surface area is 101 Å². The Hall–Kier alpha value is -0.650. The molecule has 2 N–H and O–H groups in total. The zero-order valence-corrected chi connectivity index (χ0v) is 10.1. The molecule has 3 fully saturated rings. The molecule has 5 atom stereocenters. The molecule has 0 saturated carbocycles. The Morgan fingerprint density at radius 1 is 1.41 bits per heavy atom. The summed E-state index contributed by atoms with van der Waals surface area (Å²) in [7, 11) is 0. The number of nitrogens with one attached hydrogen (secondary N) is 2. The van der Waals surface area contributed by atoms with Gasteiger partial charge in [0, 0.05) is 6.54 Å². The predicted molar refractivity (Wildman–Crippen MR) is 61.6 cm³/mol. The van der Waals surface area contributed by atoms with Crippen molar-refractivity contribution >= 4 is 5.91 Å². The van der Waals surface area contributed by atoms with Crippen LogP contribution in [0.15, 0.2) is 0 Å². The first-order chi connectivity index (χ1) is 8.24.